The fourth-order valence-electron chi connectivity index (χ4n) is 2.72. The second kappa shape index (κ2) is 15.2. The molecule has 0 rings (SSSR count). The number of hydrogen-bond donors (Lipinski definition) is 4. The summed E-state index contributed by atoms with van der Waals surface area (Å²) >= 11 is 0. The largest absolute Gasteiger partial charge is 0.481 e. The average molecular weight is 382 g/mol. The Bertz CT molecular complexity index is 513. The number of carboxylic acid groups (broad SMARTS) is 2. The van der Waals surface area contributed by atoms with E-state index in [1.165, 1.54) is 0 Å². The Morgan fingerprint density at radius 1 is 0.926 bits per heavy atom. The van der Waals surface area contributed by atoms with E-state index in [1.54, 1.807) is 0 Å². The zero-order valence-corrected chi connectivity index (χ0v) is 16.3. The molecule has 6 heteroatoms. The topological polar surface area (TPSA) is 121 Å². The van der Waals surface area contributed by atoms with Crippen LogP contribution in [0.3, 0.4) is 0 Å². The molecule has 0 aliphatic rings. The Morgan fingerprint density at radius 3 is 2.00 bits per heavy atom. The Hall–Kier alpha value is -1.92. The number of carbonyl (C=O) groups is 2. The number of aliphatic carboxylic acids is 2. The molecule has 5 N–H and O–H groups in total. The molecule has 0 aliphatic carbocycles. The molecule has 154 valence electrons. The first-order chi connectivity index (χ1) is 12.9. The van der Waals surface area contributed by atoms with Gasteiger partial charge in [0.05, 0.1) is 12.5 Å². The van der Waals surface area contributed by atoms with Gasteiger partial charge in [-0.25, -0.2) is 0 Å². The molecule has 0 aliphatic heterocycles. The maximum atomic E-state index is 11.3. The molecule has 0 spiro atoms. The van der Waals surface area contributed by atoms with Crippen molar-refractivity contribution in [3.8, 4) is 0 Å². The summed E-state index contributed by atoms with van der Waals surface area (Å²) in [7, 11) is 0. The summed E-state index contributed by atoms with van der Waals surface area (Å²) < 4.78 is 0. The Kier molecular flexibility index (Phi) is 14.1. The Balaban J connectivity index is 3.95. The summed E-state index contributed by atoms with van der Waals surface area (Å²) in [5, 5.41) is 27.5. The Morgan fingerprint density at radius 2 is 1.48 bits per heavy atom. The minimum atomic E-state index is -2.13. The van der Waals surface area contributed by atoms with E-state index >= 15 is 0 Å². The molecule has 0 radical (unpaired) electrons. The molecule has 0 bridgehead atoms. The second-order valence-electron chi connectivity index (χ2n) is 6.68. The first-order valence-corrected chi connectivity index (χ1v) is 9.71. The third-order valence-corrected chi connectivity index (χ3v) is 4.47. The summed E-state index contributed by atoms with van der Waals surface area (Å²) in [5.41, 5.74) is 3.46. The van der Waals surface area contributed by atoms with Gasteiger partial charge in [0.1, 0.15) is 0 Å². The normalized spacial score (nSPS) is 15.5. The van der Waals surface area contributed by atoms with Gasteiger partial charge in [-0.1, -0.05) is 62.6 Å². The van der Waals surface area contributed by atoms with Crippen LogP contribution in [0.25, 0.3) is 0 Å². The van der Waals surface area contributed by atoms with Gasteiger partial charge in [0, 0.05) is 0 Å². The monoisotopic (exact) mass is 381 g/mol. The second-order valence-corrected chi connectivity index (χ2v) is 6.68. The van der Waals surface area contributed by atoms with Gasteiger partial charge in [-0.05, 0) is 38.5 Å². The lowest BCUT2D eigenvalue weighted by Gasteiger charge is -2.28. The average Bonchev–Trinajstić information content (AvgIpc) is 2.63. The molecule has 0 saturated carbocycles. The van der Waals surface area contributed by atoms with Gasteiger partial charge < -0.3 is 21.1 Å². The van der Waals surface area contributed by atoms with Crippen molar-refractivity contribution >= 4 is 11.9 Å². The van der Waals surface area contributed by atoms with Gasteiger partial charge in [0.15, 0.2) is 5.54 Å². The lowest BCUT2D eigenvalue weighted by Crippen LogP contribution is -2.59. The smallest absolute Gasteiger partial charge is 0.326 e. The standard InChI is InChI=1S/C21H35NO5/c1-2-3-4-5-6-7-8-9-10-11-12-13-14-15-16-18(19(24)25)21(22,17-23)20(26)27/h3-4,6-7,9-10,18,23H,2,5,8,11-17,22H2,1H3,(H,24,25)(H,26,27)/b4-3-,7-6-,10-9-. The summed E-state index contributed by atoms with van der Waals surface area (Å²) in [6, 6.07) is 0. The van der Waals surface area contributed by atoms with E-state index in [4.69, 9.17) is 10.8 Å². The number of carboxylic acids is 2. The number of aliphatic hydroxyl groups excluding tert-OH is 1. The van der Waals surface area contributed by atoms with Crippen molar-refractivity contribution in [3.63, 3.8) is 0 Å². The molecule has 0 aromatic carbocycles. The van der Waals surface area contributed by atoms with Crippen LogP contribution in [0.5, 0.6) is 0 Å². The zero-order valence-electron chi connectivity index (χ0n) is 16.3. The van der Waals surface area contributed by atoms with Crippen molar-refractivity contribution in [2.24, 2.45) is 11.7 Å². The van der Waals surface area contributed by atoms with E-state index in [1.807, 2.05) is 0 Å². The van der Waals surface area contributed by atoms with Gasteiger partial charge in [-0.3, -0.25) is 9.59 Å². The van der Waals surface area contributed by atoms with Crippen LogP contribution in [-0.2, 0) is 9.59 Å². The fraction of sp³-hybridized carbons (Fsp3) is 0.619. The molecule has 0 aromatic heterocycles. The fourth-order valence-corrected chi connectivity index (χ4v) is 2.72. The van der Waals surface area contributed by atoms with Crippen LogP contribution in [0.1, 0.15) is 64.7 Å². The molecular formula is C21H35NO5. The van der Waals surface area contributed by atoms with E-state index in [-0.39, 0.29) is 6.42 Å². The van der Waals surface area contributed by atoms with Crippen LogP contribution >= 0.6 is 0 Å². The first kappa shape index (κ1) is 25.1. The van der Waals surface area contributed by atoms with E-state index in [0.29, 0.717) is 6.42 Å². The van der Waals surface area contributed by atoms with Crippen LogP contribution in [0, 0.1) is 5.92 Å². The van der Waals surface area contributed by atoms with Crippen molar-refractivity contribution in [2.45, 2.75) is 70.3 Å². The lowest BCUT2D eigenvalue weighted by molar-refractivity contribution is -0.158. The van der Waals surface area contributed by atoms with Crippen molar-refractivity contribution in [1.29, 1.82) is 0 Å². The quantitative estimate of drug-likeness (QED) is 0.239. The van der Waals surface area contributed by atoms with Crippen molar-refractivity contribution in [3.05, 3.63) is 36.5 Å². The van der Waals surface area contributed by atoms with Gasteiger partial charge >= 0.3 is 11.9 Å². The maximum absolute atomic E-state index is 11.3. The van der Waals surface area contributed by atoms with E-state index in [0.717, 1.165) is 44.9 Å². The molecule has 0 heterocycles. The zero-order chi connectivity index (χ0) is 20.5. The molecule has 0 aromatic rings. The number of nitrogens with two attached hydrogens (primary N) is 1. The lowest BCUT2D eigenvalue weighted by atomic mass is 9.81. The van der Waals surface area contributed by atoms with Gasteiger partial charge in [-0.15, -0.1) is 0 Å². The predicted octanol–water partition coefficient (Wildman–Crippen LogP) is 3.66. The summed E-state index contributed by atoms with van der Waals surface area (Å²) in [6.45, 7) is 1.22. The number of allylic oxidation sites excluding steroid dienone is 6. The maximum Gasteiger partial charge on any atom is 0.326 e. The molecule has 27 heavy (non-hydrogen) atoms. The highest BCUT2D eigenvalue weighted by Gasteiger charge is 2.45. The highest BCUT2D eigenvalue weighted by molar-refractivity contribution is 5.86. The van der Waals surface area contributed by atoms with E-state index in [9.17, 15) is 19.8 Å². The number of unbranched alkanes of at least 4 members (excludes halogenated alkanes) is 4. The molecule has 0 amide bonds. The minimum Gasteiger partial charge on any atom is -0.481 e. The van der Waals surface area contributed by atoms with Crippen molar-refractivity contribution in [1.82, 2.24) is 0 Å². The first-order valence-electron chi connectivity index (χ1n) is 9.71. The SMILES string of the molecule is CC/C=C\C/C=C\C/C=C\CCCCCCC(C(=O)O)C(N)(CO)C(=O)O. The summed E-state index contributed by atoms with van der Waals surface area (Å²) in [6.07, 6.45) is 20.3. The van der Waals surface area contributed by atoms with Crippen LogP contribution < -0.4 is 5.73 Å². The highest BCUT2D eigenvalue weighted by atomic mass is 16.4. The van der Waals surface area contributed by atoms with Gasteiger partial charge in [0.25, 0.3) is 0 Å². The number of hydrogen-bond acceptors (Lipinski definition) is 4. The van der Waals surface area contributed by atoms with Crippen LogP contribution in [0.4, 0.5) is 0 Å². The molecule has 0 saturated heterocycles. The van der Waals surface area contributed by atoms with Crippen molar-refractivity contribution < 1.29 is 24.9 Å². The number of rotatable bonds is 16. The summed E-state index contributed by atoms with van der Waals surface area (Å²) in [5.74, 6) is -4.06. The Labute approximate surface area is 162 Å². The van der Waals surface area contributed by atoms with Gasteiger partial charge in [-0.2, -0.15) is 0 Å². The third kappa shape index (κ3) is 10.7. The number of aliphatic hydroxyl groups is 1. The van der Waals surface area contributed by atoms with Gasteiger partial charge in [0.2, 0.25) is 0 Å². The minimum absolute atomic E-state index is 0.145. The predicted molar refractivity (Wildman–Crippen MR) is 107 cm³/mol. The molecule has 2 unspecified atom stereocenters. The highest BCUT2D eigenvalue weighted by Crippen LogP contribution is 2.22. The van der Waals surface area contributed by atoms with Crippen LogP contribution in [0.2, 0.25) is 0 Å². The molecule has 6 nitrogen and oxygen atoms in total. The van der Waals surface area contributed by atoms with E-state index in [2.05, 4.69) is 43.4 Å². The van der Waals surface area contributed by atoms with Crippen LogP contribution in [-0.4, -0.2) is 39.4 Å². The summed E-state index contributed by atoms with van der Waals surface area (Å²) in [4.78, 5) is 22.5. The molecular weight excluding hydrogens is 346 g/mol. The van der Waals surface area contributed by atoms with E-state index < -0.39 is 30.0 Å². The van der Waals surface area contributed by atoms with Crippen molar-refractivity contribution in [2.75, 3.05) is 6.61 Å². The van der Waals surface area contributed by atoms with Crippen LogP contribution in [0.15, 0.2) is 36.5 Å². The third-order valence-electron chi connectivity index (χ3n) is 4.47. The molecule has 0 fully saturated rings. The molecule has 2 atom stereocenters.